The number of hydrogen-bond donors (Lipinski definition) is 2. The molecule has 112 valence electrons. The minimum absolute atomic E-state index is 0.258. The minimum atomic E-state index is -1.25. The lowest BCUT2D eigenvalue weighted by Crippen LogP contribution is -2.57. The van der Waals surface area contributed by atoms with Crippen molar-refractivity contribution in [3.05, 3.63) is 40.9 Å². The summed E-state index contributed by atoms with van der Waals surface area (Å²) in [5.74, 6) is -1.50. The van der Waals surface area contributed by atoms with Gasteiger partial charge in [0.05, 0.1) is 0 Å². The van der Waals surface area contributed by atoms with Gasteiger partial charge in [0.2, 0.25) is 5.91 Å². The van der Waals surface area contributed by atoms with Crippen molar-refractivity contribution in [1.82, 2.24) is 5.32 Å². The van der Waals surface area contributed by atoms with Gasteiger partial charge in [-0.15, -0.1) is 0 Å². The summed E-state index contributed by atoms with van der Waals surface area (Å²) in [6, 6.07) is 7.09. The van der Waals surface area contributed by atoms with E-state index in [2.05, 4.69) is 5.32 Å². The zero-order valence-electron chi connectivity index (χ0n) is 11.3. The highest BCUT2D eigenvalue weighted by Crippen LogP contribution is 2.21. The van der Waals surface area contributed by atoms with Gasteiger partial charge in [-0.1, -0.05) is 29.8 Å². The Kier molecular flexibility index (Phi) is 4.98. The maximum absolute atomic E-state index is 12.0. The van der Waals surface area contributed by atoms with Crippen LogP contribution in [-0.4, -0.2) is 35.7 Å². The molecule has 0 saturated carbocycles. The molecule has 1 aromatic carbocycles. The number of nitrogens with one attached hydrogen (secondary N) is 1. The highest BCUT2D eigenvalue weighted by atomic mass is 35.5. The molecule has 0 aromatic heterocycles. The molecular weight excluding hydrogens is 294 g/mol. The number of carbonyl (C=O) groups is 2. The van der Waals surface area contributed by atoms with Gasteiger partial charge in [0, 0.05) is 37.2 Å². The maximum atomic E-state index is 12.0. The molecule has 1 fully saturated rings. The van der Waals surface area contributed by atoms with Crippen molar-refractivity contribution >= 4 is 29.6 Å². The van der Waals surface area contributed by atoms with Crippen molar-refractivity contribution < 1.29 is 19.4 Å². The zero-order chi connectivity index (χ0) is 15.3. The van der Waals surface area contributed by atoms with Crippen LogP contribution in [-0.2, 0) is 14.3 Å². The molecular formula is C15H16ClNO4. The van der Waals surface area contributed by atoms with Crippen molar-refractivity contribution in [3.63, 3.8) is 0 Å². The lowest BCUT2D eigenvalue weighted by molar-refractivity contribution is -0.151. The third kappa shape index (κ3) is 3.83. The molecule has 1 amide bonds. The second kappa shape index (κ2) is 6.74. The summed E-state index contributed by atoms with van der Waals surface area (Å²) in [5, 5.41) is 12.5. The molecule has 1 saturated heterocycles. The van der Waals surface area contributed by atoms with Crippen molar-refractivity contribution in [2.45, 2.75) is 18.4 Å². The molecule has 2 N–H and O–H groups in total. The molecule has 0 radical (unpaired) electrons. The van der Waals surface area contributed by atoms with Gasteiger partial charge >= 0.3 is 5.97 Å². The van der Waals surface area contributed by atoms with E-state index in [0.717, 1.165) is 0 Å². The average Bonchev–Trinajstić information content (AvgIpc) is 2.47. The molecule has 5 nitrogen and oxygen atoms in total. The number of carbonyl (C=O) groups excluding carboxylic acids is 1. The molecule has 0 bridgehead atoms. The quantitative estimate of drug-likeness (QED) is 0.835. The maximum Gasteiger partial charge on any atom is 0.329 e. The number of halogens is 1. The number of hydrogen-bond acceptors (Lipinski definition) is 3. The minimum Gasteiger partial charge on any atom is -0.480 e. The predicted molar refractivity (Wildman–Crippen MR) is 79.0 cm³/mol. The van der Waals surface area contributed by atoms with Crippen LogP contribution in [0.1, 0.15) is 18.4 Å². The van der Waals surface area contributed by atoms with Crippen LogP contribution in [0.5, 0.6) is 0 Å². The van der Waals surface area contributed by atoms with E-state index >= 15 is 0 Å². The van der Waals surface area contributed by atoms with E-state index in [1.165, 1.54) is 6.08 Å². The Morgan fingerprint density at radius 2 is 1.95 bits per heavy atom. The van der Waals surface area contributed by atoms with Crippen LogP contribution in [0.15, 0.2) is 30.3 Å². The van der Waals surface area contributed by atoms with E-state index in [-0.39, 0.29) is 12.8 Å². The molecule has 6 heteroatoms. The molecule has 0 unspecified atom stereocenters. The molecule has 0 atom stereocenters. The van der Waals surface area contributed by atoms with Gasteiger partial charge in [0.1, 0.15) is 5.54 Å². The number of rotatable bonds is 4. The first-order valence-corrected chi connectivity index (χ1v) is 6.97. The number of carboxylic acid groups (broad SMARTS) is 1. The summed E-state index contributed by atoms with van der Waals surface area (Å²) in [6.45, 7) is 0.640. The lowest BCUT2D eigenvalue weighted by atomic mass is 9.90. The smallest absolute Gasteiger partial charge is 0.329 e. The topological polar surface area (TPSA) is 75.6 Å². The van der Waals surface area contributed by atoms with Crippen LogP contribution < -0.4 is 5.32 Å². The van der Waals surface area contributed by atoms with Gasteiger partial charge in [-0.3, -0.25) is 4.79 Å². The highest BCUT2D eigenvalue weighted by Gasteiger charge is 2.41. The Balaban J connectivity index is 2.06. The normalized spacial score (nSPS) is 17.6. The van der Waals surface area contributed by atoms with Crippen LogP contribution in [0.3, 0.4) is 0 Å². The molecule has 2 rings (SSSR count). The van der Waals surface area contributed by atoms with Gasteiger partial charge in [0.15, 0.2) is 0 Å². The SMILES string of the molecule is O=C(/C=C/c1ccccc1Cl)NC1(C(=O)O)CCOCC1. The molecule has 1 aliphatic heterocycles. The van der Waals surface area contributed by atoms with E-state index in [0.29, 0.717) is 23.8 Å². The zero-order valence-corrected chi connectivity index (χ0v) is 12.1. The van der Waals surface area contributed by atoms with Crippen LogP contribution in [0.2, 0.25) is 5.02 Å². The van der Waals surface area contributed by atoms with E-state index in [9.17, 15) is 14.7 Å². The van der Waals surface area contributed by atoms with Gasteiger partial charge in [-0.25, -0.2) is 4.79 Å². The Morgan fingerprint density at radius 3 is 2.57 bits per heavy atom. The van der Waals surface area contributed by atoms with Gasteiger partial charge in [-0.05, 0) is 17.7 Å². The number of amides is 1. The molecule has 1 aliphatic rings. The standard InChI is InChI=1S/C15H16ClNO4/c16-12-4-2-1-3-11(12)5-6-13(18)17-15(14(19)20)7-9-21-10-8-15/h1-6H,7-10H2,(H,17,18)(H,19,20)/b6-5+. The molecule has 1 heterocycles. The van der Waals surface area contributed by atoms with Gasteiger partial charge < -0.3 is 15.2 Å². The fourth-order valence-corrected chi connectivity index (χ4v) is 2.36. The number of benzene rings is 1. The first kappa shape index (κ1) is 15.5. The highest BCUT2D eigenvalue weighted by molar-refractivity contribution is 6.32. The van der Waals surface area contributed by atoms with Crippen molar-refractivity contribution in [1.29, 1.82) is 0 Å². The van der Waals surface area contributed by atoms with E-state index < -0.39 is 17.4 Å². The molecule has 0 spiro atoms. The fourth-order valence-electron chi connectivity index (χ4n) is 2.17. The average molecular weight is 310 g/mol. The van der Waals surface area contributed by atoms with Gasteiger partial charge in [-0.2, -0.15) is 0 Å². The molecule has 0 aliphatic carbocycles. The Hall–Kier alpha value is -1.85. The molecule has 21 heavy (non-hydrogen) atoms. The number of carboxylic acids is 1. The molecule has 1 aromatic rings. The lowest BCUT2D eigenvalue weighted by Gasteiger charge is -2.33. The first-order valence-electron chi connectivity index (χ1n) is 6.59. The van der Waals surface area contributed by atoms with Crippen LogP contribution in [0, 0.1) is 0 Å². The second-order valence-corrected chi connectivity index (χ2v) is 5.25. The fraction of sp³-hybridized carbons (Fsp3) is 0.333. The summed E-state index contributed by atoms with van der Waals surface area (Å²) < 4.78 is 5.15. The summed E-state index contributed by atoms with van der Waals surface area (Å²) >= 11 is 5.98. The summed E-state index contributed by atoms with van der Waals surface area (Å²) in [5.41, 5.74) is -0.550. The Morgan fingerprint density at radius 1 is 1.29 bits per heavy atom. The van der Waals surface area contributed by atoms with Gasteiger partial charge in [0.25, 0.3) is 0 Å². The Bertz CT molecular complexity index is 565. The second-order valence-electron chi connectivity index (χ2n) is 4.84. The number of aliphatic carboxylic acids is 1. The van der Waals surface area contributed by atoms with E-state index in [1.54, 1.807) is 30.3 Å². The van der Waals surface area contributed by atoms with E-state index in [4.69, 9.17) is 16.3 Å². The van der Waals surface area contributed by atoms with Crippen LogP contribution in [0.4, 0.5) is 0 Å². The first-order chi connectivity index (χ1) is 10.0. The third-order valence-corrected chi connectivity index (χ3v) is 3.78. The largest absolute Gasteiger partial charge is 0.480 e. The predicted octanol–water partition coefficient (Wildman–Crippen LogP) is 2.10. The monoisotopic (exact) mass is 309 g/mol. The summed E-state index contributed by atoms with van der Waals surface area (Å²) in [7, 11) is 0. The summed E-state index contributed by atoms with van der Waals surface area (Å²) in [4.78, 5) is 23.4. The van der Waals surface area contributed by atoms with Crippen molar-refractivity contribution in [2.75, 3.05) is 13.2 Å². The van der Waals surface area contributed by atoms with Crippen LogP contribution >= 0.6 is 11.6 Å². The van der Waals surface area contributed by atoms with Crippen molar-refractivity contribution in [2.24, 2.45) is 0 Å². The van der Waals surface area contributed by atoms with Crippen molar-refractivity contribution in [3.8, 4) is 0 Å². The van der Waals surface area contributed by atoms with Crippen LogP contribution in [0.25, 0.3) is 6.08 Å². The summed E-state index contributed by atoms with van der Waals surface area (Å²) in [6.07, 6.45) is 3.37. The Labute approximate surface area is 127 Å². The number of ether oxygens (including phenoxy) is 1. The van der Waals surface area contributed by atoms with E-state index in [1.807, 2.05) is 0 Å². The third-order valence-electron chi connectivity index (χ3n) is 3.44.